The smallest absolute Gasteiger partial charge is 0.409 e. The Kier molecular flexibility index (Phi) is 10.3. The first-order chi connectivity index (χ1) is 20.8. The highest BCUT2D eigenvalue weighted by molar-refractivity contribution is 6.35. The van der Waals surface area contributed by atoms with Gasteiger partial charge in [-0.2, -0.15) is 0 Å². The van der Waals surface area contributed by atoms with E-state index in [0.29, 0.717) is 24.3 Å². The van der Waals surface area contributed by atoms with E-state index in [0.717, 1.165) is 11.1 Å². The minimum Gasteiger partial charge on any atom is -0.495 e. The van der Waals surface area contributed by atoms with E-state index in [1.165, 1.54) is 19.1 Å². The second-order valence-corrected chi connectivity index (χ2v) is 12.4. The molecule has 44 heavy (non-hydrogen) atoms. The molecule has 0 spiro atoms. The summed E-state index contributed by atoms with van der Waals surface area (Å²) in [5.74, 6) is -0.813. The number of aliphatic hydroxyl groups is 1. The monoisotopic (exact) mass is 634 g/mol. The molecule has 7 atom stereocenters. The molecule has 2 N–H and O–H groups in total. The lowest BCUT2D eigenvalue weighted by Gasteiger charge is -2.42. The summed E-state index contributed by atoms with van der Waals surface area (Å²) in [6.45, 7) is 7.41. The Morgan fingerprint density at radius 3 is 2.66 bits per heavy atom. The van der Waals surface area contributed by atoms with Crippen molar-refractivity contribution in [2.45, 2.75) is 95.5 Å². The number of alkyl carbamates (subject to hydrolysis) is 1. The molecule has 2 saturated heterocycles. The molecule has 0 radical (unpaired) electrons. The van der Waals surface area contributed by atoms with Crippen molar-refractivity contribution < 1.29 is 43.2 Å². The summed E-state index contributed by atoms with van der Waals surface area (Å²) in [6, 6.07) is 3.64. The van der Waals surface area contributed by atoms with Crippen molar-refractivity contribution in [3.63, 3.8) is 0 Å². The Labute approximate surface area is 263 Å². The number of halogens is 1. The van der Waals surface area contributed by atoms with Gasteiger partial charge in [-0.25, -0.2) is 4.79 Å². The number of benzene rings is 1. The van der Waals surface area contributed by atoms with E-state index in [4.69, 9.17) is 35.3 Å². The van der Waals surface area contributed by atoms with Crippen molar-refractivity contribution in [1.82, 2.24) is 5.32 Å². The molecule has 2 fully saturated rings. The average molecular weight is 635 g/mol. The van der Waals surface area contributed by atoms with Gasteiger partial charge in [-0.1, -0.05) is 49.2 Å². The van der Waals surface area contributed by atoms with Crippen LogP contribution in [0.2, 0.25) is 5.02 Å². The van der Waals surface area contributed by atoms with Gasteiger partial charge in [0.15, 0.2) is 5.72 Å². The van der Waals surface area contributed by atoms with E-state index < -0.39 is 53.7 Å². The summed E-state index contributed by atoms with van der Waals surface area (Å²) in [5.41, 5.74) is -0.561. The van der Waals surface area contributed by atoms with Crippen molar-refractivity contribution in [2.24, 2.45) is 5.92 Å². The van der Waals surface area contributed by atoms with Crippen LogP contribution in [-0.4, -0.2) is 80.1 Å². The predicted octanol–water partition coefficient (Wildman–Crippen LogP) is 4.47. The second kappa shape index (κ2) is 13.5. The number of methoxy groups -OCH3 is 2. The molecule has 0 aliphatic carbocycles. The summed E-state index contributed by atoms with van der Waals surface area (Å²) < 4.78 is 28.8. The quantitative estimate of drug-likeness (QED) is 0.355. The largest absolute Gasteiger partial charge is 0.495 e. The van der Waals surface area contributed by atoms with Crippen LogP contribution < -0.4 is 15.0 Å². The Morgan fingerprint density at radius 2 is 2.00 bits per heavy atom. The molecule has 0 saturated carbocycles. The lowest BCUT2D eigenvalue weighted by molar-refractivity contribution is -0.153. The third-order valence-electron chi connectivity index (χ3n) is 8.68. The van der Waals surface area contributed by atoms with Gasteiger partial charge >= 0.3 is 12.1 Å². The zero-order valence-corrected chi connectivity index (χ0v) is 27.1. The molecule has 242 valence electrons. The molecule has 3 heterocycles. The van der Waals surface area contributed by atoms with Crippen molar-refractivity contribution in [3.05, 3.63) is 46.5 Å². The SMILES string of the molecule is CCCC(=O)O[C@H]1CC(=O)N(C)c2cc(cc(OC)c2Cl)C/C(C)=C/C=C/[C@@H](OC)[C@@]2(O)C[C@H](OC(=O)N2)[C@H](C)[C@@H]2O[C@@]12C. The van der Waals surface area contributed by atoms with Gasteiger partial charge in [0.05, 0.1) is 25.3 Å². The highest BCUT2D eigenvalue weighted by atomic mass is 35.5. The second-order valence-electron chi connectivity index (χ2n) is 12.0. The number of epoxide rings is 1. The fourth-order valence-corrected chi connectivity index (χ4v) is 6.34. The number of hydrogen-bond donors (Lipinski definition) is 2. The molecular weight excluding hydrogens is 592 g/mol. The maximum atomic E-state index is 13.8. The fraction of sp³-hybridized carbons (Fsp3) is 0.594. The van der Waals surface area contributed by atoms with E-state index in [1.54, 1.807) is 26.1 Å². The summed E-state index contributed by atoms with van der Waals surface area (Å²) >= 11 is 6.68. The van der Waals surface area contributed by atoms with Gasteiger partial charge in [-0.3, -0.25) is 14.9 Å². The molecule has 0 aromatic heterocycles. The minimum absolute atomic E-state index is 0.00742. The zero-order valence-electron chi connectivity index (χ0n) is 26.3. The number of nitrogens with zero attached hydrogens (tertiary/aromatic N) is 1. The molecule has 1 aromatic rings. The van der Waals surface area contributed by atoms with E-state index >= 15 is 0 Å². The van der Waals surface area contributed by atoms with E-state index in [9.17, 15) is 19.5 Å². The van der Waals surface area contributed by atoms with Crippen LogP contribution in [0.1, 0.15) is 58.9 Å². The summed E-state index contributed by atoms with van der Waals surface area (Å²) in [5, 5.41) is 14.4. The van der Waals surface area contributed by atoms with Crippen LogP contribution in [0.25, 0.3) is 0 Å². The van der Waals surface area contributed by atoms with E-state index in [2.05, 4.69) is 5.32 Å². The lowest BCUT2D eigenvalue weighted by Crippen LogP contribution is -2.63. The van der Waals surface area contributed by atoms with Gasteiger partial charge in [-0.05, 0) is 44.4 Å². The number of esters is 1. The Morgan fingerprint density at radius 1 is 1.27 bits per heavy atom. The molecule has 4 bridgehead atoms. The first-order valence-electron chi connectivity index (χ1n) is 14.8. The van der Waals surface area contributed by atoms with Crippen molar-refractivity contribution in [3.8, 4) is 5.75 Å². The van der Waals surface area contributed by atoms with Crippen LogP contribution in [0.3, 0.4) is 0 Å². The van der Waals surface area contributed by atoms with Gasteiger partial charge in [0, 0.05) is 32.9 Å². The Balaban J connectivity index is 1.79. The van der Waals surface area contributed by atoms with Crippen LogP contribution in [0.15, 0.2) is 35.9 Å². The van der Waals surface area contributed by atoms with Gasteiger partial charge in [0.2, 0.25) is 5.91 Å². The molecule has 4 rings (SSSR count). The summed E-state index contributed by atoms with van der Waals surface area (Å²) in [4.78, 5) is 40.6. The Hall–Kier alpha value is -3.12. The van der Waals surface area contributed by atoms with Gasteiger partial charge in [0.25, 0.3) is 0 Å². The van der Waals surface area contributed by atoms with Crippen molar-refractivity contribution in [1.29, 1.82) is 0 Å². The molecule has 3 aliphatic rings. The first kappa shape index (κ1) is 33.8. The van der Waals surface area contributed by atoms with E-state index in [-0.39, 0.29) is 30.2 Å². The maximum Gasteiger partial charge on any atom is 0.409 e. The standard InChI is InChI=1S/C32H43ClN2O9/c1-8-10-27(37)43-25-16-26(36)35(5)21-14-20(15-22(40-6)28(21)33)13-18(2)11-9-12-24(41-7)32(39)17-23(42-30(38)34-32)19(3)29-31(25,4)44-29/h9,11-12,14-15,19,23-25,29,39H,8,10,13,16-17H2,1-7H3,(H,34,38)/b12-9+,18-11+/t19-,23-,24+,25-,29-,31-,32-/m0/s1. The number of nitrogens with one attached hydrogen (secondary N) is 1. The van der Waals surface area contributed by atoms with Crippen LogP contribution in [0.5, 0.6) is 5.75 Å². The van der Waals surface area contributed by atoms with Crippen LogP contribution in [0.4, 0.5) is 10.5 Å². The molecule has 11 nitrogen and oxygen atoms in total. The van der Waals surface area contributed by atoms with Crippen molar-refractivity contribution in [2.75, 3.05) is 26.2 Å². The highest BCUT2D eigenvalue weighted by Crippen LogP contribution is 2.49. The number of hydrogen-bond acceptors (Lipinski definition) is 9. The number of anilines is 1. The third-order valence-corrected chi connectivity index (χ3v) is 9.06. The molecule has 1 aromatic carbocycles. The summed E-state index contributed by atoms with van der Waals surface area (Å²) in [7, 11) is 4.57. The number of fused-ring (bicyclic) bond motifs is 5. The molecule has 2 amide bonds. The van der Waals surface area contributed by atoms with Gasteiger partial charge in [0.1, 0.15) is 34.7 Å². The number of allylic oxidation sites excluding steroid dienone is 3. The van der Waals surface area contributed by atoms with Gasteiger partial charge < -0.3 is 33.7 Å². The lowest BCUT2D eigenvalue weighted by atomic mass is 9.83. The maximum absolute atomic E-state index is 13.8. The topological polar surface area (TPSA) is 136 Å². The number of rotatable bonds is 5. The Bertz CT molecular complexity index is 1330. The number of amides is 2. The van der Waals surface area contributed by atoms with E-state index in [1.807, 2.05) is 39.0 Å². The zero-order chi connectivity index (χ0) is 32.4. The fourth-order valence-electron chi connectivity index (χ4n) is 6.03. The highest BCUT2D eigenvalue weighted by Gasteiger charge is 2.64. The molecular formula is C32H43ClN2O9. The number of carbonyl (C=O) groups is 3. The number of ether oxygens (including phenoxy) is 5. The van der Waals surface area contributed by atoms with Crippen molar-refractivity contribution >= 4 is 35.3 Å². The first-order valence-corrected chi connectivity index (χ1v) is 15.2. The average Bonchev–Trinajstić information content (AvgIpc) is 3.66. The predicted molar refractivity (Wildman–Crippen MR) is 164 cm³/mol. The minimum atomic E-state index is -1.76. The third kappa shape index (κ3) is 7.06. The van der Waals surface area contributed by atoms with Crippen LogP contribution >= 0.6 is 11.6 Å². The van der Waals surface area contributed by atoms with Gasteiger partial charge in [-0.15, -0.1) is 0 Å². The van der Waals surface area contributed by atoms with Crippen LogP contribution in [-0.2, 0) is 35.0 Å². The van der Waals surface area contributed by atoms with Crippen LogP contribution in [0, 0.1) is 5.92 Å². The summed E-state index contributed by atoms with van der Waals surface area (Å²) in [6.07, 6.45) is 2.47. The normalized spacial score (nSPS) is 34.5. The number of carbonyl (C=O) groups excluding carboxylic acids is 3. The molecule has 3 aliphatic heterocycles. The molecule has 12 heteroatoms. The molecule has 0 unspecified atom stereocenters.